The highest BCUT2D eigenvalue weighted by atomic mass is 35.5. The largest absolute Gasteiger partial charge is 0.468 e. The molecule has 0 bridgehead atoms. The van der Waals surface area contributed by atoms with E-state index in [1.165, 1.54) is 14.2 Å². The van der Waals surface area contributed by atoms with E-state index in [1.54, 1.807) is 48.5 Å². The van der Waals surface area contributed by atoms with E-state index >= 15 is 0 Å². The van der Waals surface area contributed by atoms with Crippen LogP contribution in [0.4, 0.5) is 10.5 Å². The average Bonchev–Trinajstić information content (AvgIpc) is 2.71. The number of amides is 1. The van der Waals surface area contributed by atoms with Crippen LogP contribution in [-0.2, 0) is 36.8 Å². The van der Waals surface area contributed by atoms with Crippen LogP contribution in [-0.4, -0.2) is 32.3 Å². The molecule has 0 aliphatic rings. The number of hydrogen-bond acceptors (Lipinski definition) is 6. The molecule has 0 saturated carbocycles. The summed E-state index contributed by atoms with van der Waals surface area (Å²) >= 11 is 5.80. The highest BCUT2D eigenvalue weighted by Gasteiger charge is 2.28. The van der Waals surface area contributed by atoms with Crippen LogP contribution in [0.5, 0.6) is 0 Å². The highest BCUT2D eigenvalue weighted by molar-refractivity contribution is 6.30. The van der Waals surface area contributed by atoms with Gasteiger partial charge in [-0.2, -0.15) is 0 Å². The molecular formula is C20H20ClNO6. The van der Waals surface area contributed by atoms with Crippen molar-refractivity contribution in [3.8, 4) is 0 Å². The van der Waals surface area contributed by atoms with E-state index in [4.69, 9.17) is 16.3 Å². The molecule has 0 aliphatic carbocycles. The molecule has 0 heterocycles. The quantitative estimate of drug-likeness (QED) is 0.430. The summed E-state index contributed by atoms with van der Waals surface area (Å²) in [5.74, 6) is -2.40. The summed E-state index contributed by atoms with van der Waals surface area (Å²) in [7, 11) is 2.42. The third kappa shape index (κ3) is 6.28. The van der Waals surface area contributed by atoms with Gasteiger partial charge in [0.2, 0.25) is 0 Å². The maximum Gasteiger partial charge on any atom is 0.411 e. The average molecular weight is 406 g/mol. The molecule has 0 unspecified atom stereocenters. The van der Waals surface area contributed by atoms with E-state index in [0.717, 1.165) is 0 Å². The summed E-state index contributed by atoms with van der Waals surface area (Å²) in [5, 5.41) is 3.15. The van der Waals surface area contributed by atoms with Crippen molar-refractivity contribution in [2.75, 3.05) is 19.5 Å². The Labute approximate surface area is 167 Å². The number of esters is 2. The Morgan fingerprint density at radius 3 is 2.18 bits per heavy atom. The normalized spacial score (nSPS) is 10.3. The molecule has 0 aliphatic heterocycles. The maximum absolute atomic E-state index is 11.9. The lowest BCUT2D eigenvalue weighted by molar-refractivity contribution is -0.158. The zero-order valence-corrected chi connectivity index (χ0v) is 16.2. The van der Waals surface area contributed by atoms with Gasteiger partial charge >= 0.3 is 18.0 Å². The summed E-state index contributed by atoms with van der Waals surface area (Å²) in [4.78, 5) is 35.5. The summed E-state index contributed by atoms with van der Waals surface area (Å²) in [6.07, 6.45) is -0.501. The predicted molar refractivity (Wildman–Crippen MR) is 103 cm³/mol. The van der Waals surface area contributed by atoms with Crippen LogP contribution in [0.3, 0.4) is 0 Å². The fraction of sp³-hybridized carbons (Fsp3) is 0.250. The molecule has 2 aromatic carbocycles. The lowest BCUT2D eigenvalue weighted by atomic mass is 9.98. The Kier molecular flexibility index (Phi) is 7.83. The topological polar surface area (TPSA) is 90.9 Å². The van der Waals surface area contributed by atoms with Crippen LogP contribution < -0.4 is 5.32 Å². The number of halogens is 1. The van der Waals surface area contributed by atoms with Gasteiger partial charge in [0.25, 0.3) is 0 Å². The van der Waals surface area contributed by atoms with Gasteiger partial charge in [0, 0.05) is 10.7 Å². The van der Waals surface area contributed by atoms with E-state index in [9.17, 15) is 14.4 Å². The molecular weight excluding hydrogens is 386 g/mol. The molecule has 0 spiro atoms. The molecule has 0 radical (unpaired) electrons. The second-order valence-electron chi connectivity index (χ2n) is 5.83. The van der Waals surface area contributed by atoms with Gasteiger partial charge in [-0.1, -0.05) is 35.9 Å². The minimum atomic E-state index is -1.06. The Morgan fingerprint density at radius 1 is 0.964 bits per heavy atom. The van der Waals surface area contributed by atoms with E-state index in [1.807, 2.05) is 0 Å². The third-order valence-electron chi connectivity index (χ3n) is 3.86. The van der Waals surface area contributed by atoms with Gasteiger partial charge in [-0.15, -0.1) is 0 Å². The second kappa shape index (κ2) is 10.3. The van der Waals surface area contributed by atoms with Gasteiger partial charge < -0.3 is 14.2 Å². The standard InChI is InChI=1S/C20H20ClNO6/c1-26-18(23)17(19(24)27-2)11-13-4-3-5-14(10-13)12-28-20(25)22-16-8-6-15(21)7-9-16/h3-10,17H,11-12H2,1-2H3,(H,22,25). The molecule has 0 fully saturated rings. The number of rotatable bonds is 7. The molecule has 0 atom stereocenters. The molecule has 28 heavy (non-hydrogen) atoms. The maximum atomic E-state index is 11.9. The van der Waals surface area contributed by atoms with Crippen molar-refractivity contribution in [2.45, 2.75) is 13.0 Å². The van der Waals surface area contributed by atoms with Gasteiger partial charge in [0.05, 0.1) is 14.2 Å². The number of methoxy groups -OCH3 is 2. The molecule has 0 aromatic heterocycles. The first-order valence-electron chi connectivity index (χ1n) is 8.35. The van der Waals surface area contributed by atoms with Gasteiger partial charge in [-0.25, -0.2) is 4.79 Å². The molecule has 2 rings (SSSR count). The number of nitrogens with one attached hydrogen (secondary N) is 1. The Balaban J connectivity index is 1.96. The first kappa shape index (κ1) is 21.2. The van der Waals surface area contributed by atoms with Gasteiger partial charge in [0.1, 0.15) is 6.61 Å². The first-order chi connectivity index (χ1) is 13.4. The minimum Gasteiger partial charge on any atom is -0.468 e. The summed E-state index contributed by atoms with van der Waals surface area (Å²) in [5.41, 5.74) is 1.97. The van der Waals surface area contributed by atoms with Crippen LogP contribution in [0, 0.1) is 5.92 Å². The predicted octanol–water partition coefficient (Wildman–Crippen LogP) is 3.59. The van der Waals surface area contributed by atoms with Crippen LogP contribution in [0.15, 0.2) is 48.5 Å². The zero-order valence-electron chi connectivity index (χ0n) is 15.4. The number of hydrogen-bond donors (Lipinski definition) is 1. The fourth-order valence-corrected chi connectivity index (χ4v) is 2.59. The van der Waals surface area contributed by atoms with E-state index < -0.39 is 23.9 Å². The van der Waals surface area contributed by atoms with Crippen molar-refractivity contribution < 1.29 is 28.6 Å². The van der Waals surface area contributed by atoms with E-state index in [-0.39, 0.29) is 13.0 Å². The van der Waals surface area contributed by atoms with Crippen LogP contribution in [0.1, 0.15) is 11.1 Å². The van der Waals surface area contributed by atoms with Crippen LogP contribution >= 0.6 is 11.6 Å². The van der Waals surface area contributed by atoms with Crippen molar-refractivity contribution in [1.29, 1.82) is 0 Å². The van der Waals surface area contributed by atoms with Crippen molar-refractivity contribution >= 4 is 35.3 Å². The summed E-state index contributed by atoms with van der Waals surface area (Å²) in [6.45, 7) is 0.0222. The number of benzene rings is 2. The third-order valence-corrected chi connectivity index (χ3v) is 4.12. The van der Waals surface area contributed by atoms with Gasteiger partial charge in [-0.3, -0.25) is 14.9 Å². The monoisotopic (exact) mass is 405 g/mol. The van der Waals surface area contributed by atoms with E-state index in [2.05, 4.69) is 14.8 Å². The van der Waals surface area contributed by atoms with Crippen molar-refractivity contribution in [3.63, 3.8) is 0 Å². The minimum absolute atomic E-state index is 0.0222. The number of carbonyl (C=O) groups excluding carboxylic acids is 3. The molecule has 7 nitrogen and oxygen atoms in total. The second-order valence-corrected chi connectivity index (χ2v) is 6.27. The Hall–Kier alpha value is -3.06. The number of anilines is 1. The molecule has 8 heteroatoms. The van der Waals surface area contributed by atoms with Crippen molar-refractivity contribution in [1.82, 2.24) is 0 Å². The molecule has 1 amide bonds. The SMILES string of the molecule is COC(=O)C(Cc1cccc(COC(=O)Nc2ccc(Cl)cc2)c1)C(=O)OC. The Morgan fingerprint density at radius 2 is 1.57 bits per heavy atom. The lowest BCUT2D eigenvalue weighted by Crippen LogP contribution is -2.28. The van der Waals surface area contributed by atoms with Gasteiger partial charge in [0.15, 0.2) is 5.92 Å². The zero-order chi connectivity index (χ0) is 20.5. The molecule has 0 saturated heterocycles. The lowest BCUT2D eigenvalue weighted by Gasteiger charge is -2.13. The van der Waals surface area contributed by atoms with Crippen molar-refractivity contribution in [2.24, 2.45) is 5.92 Å². The summed E-state index contributed by atoms with van der Waals surface area (Å²) in [6, 6.07) is 13.6. The molecule has 148 valence electrons. The van der Waals surface area contributed by atoms with Crippen LogP contribution in [0.25, 0.3) is 0 Å². The van der Waals surface area contributed by atoms with Crippen LogP contribution in [0.2, 0.25) is 5.02 Å². The Bertz CT molecular complexity index is 821. The van der Waals surface area contributed by atoms with Gasteiger partial charge in [-0.05, 0) is 41.8 Å². The molecule has 2 aromatic rings. The van der Waals surface area contributed by atoms with Crippen molar-refractivity contribution in [3.05, 3.63) is 64.7 Å². The van der Waals surface area contributed by atoms with E-state index in [0.29, 0.717) is 21.8 Å². The highest BCUT2D eigenvalue weighted by Crippen LogP contribution is 2.16. The first-order valence-corrected chi connectivity index (χ1v) is 8.73. The summed E-state index contributed by atoms with van der Waals surface area (Å²) < 4.78 is 14.5. The number of carbonyl (C=O) groups is 3. The number of ether oxygens (including phenoxy) is 3. The fourth-order valence-electron chi connectivity index (χ4n) is 2.47. The molecule has 1 N–H and O–H groups in total. The smallest absolute Gasteiger partial charge is 0.411 e.